The van der Waals surface area contributed by atoms with E-state index in [1.54, 1.807) is 13.0 Å². The first-order valence-electron chi connectivity index (χ1n) is 5.63. The third-order valence-electron chi connectivity index (χ3n) is 2.46. The van der Waals surface area contributed by atoms with Crippen LogP contribution in [0, 0.1) is 12.7 Å². The van der Waals surface area contributed by atoms with E-state index in [0.717, 1.165) is 0 Å². The highest BCUT2D eigenvalue weighted by Crippen LogP contribution is 2.16. The average molecular weight is 238 g/mol. The molecule has 1 aromatic carbocycles. The topological polar surface area (TPSA) is 55.1 Å². The Morgan fingerprint density at radius 3 is 2.65 bits per heavy atom. The number of rotatable bonds is 4. The minimum absolute atomic E-state index is 0.0989. The summed E-state index contributed by atoms with van der Waals surface area (Å²) in [5.74, 6) is -0.401. The zero-order valence-electron chi connectivity index (χ0n) is 10.5. The lowest BCUT2D eigenvalue weighted by atomic mass is 10.00. The molecule has 3 nitrogen and oxygen atoms in total. The largest absolute Gasteiger partial charge is 0.326 e. The molecule has 0 aliphatic carbocycles. The van der Waals surface area contributed by atoms with Crippen LogP contribution >= 0.6 is 0 Å². The highest BCUT2D eigenvalue weighted by atomic mass is 19.1. The number of anilines is 1. The van der Waals surface area contributed by atoms with Crippen molar-refractivity contribution in [1.29, 1.82) is 0 Å². The second-order valence-electron chi connectivity index (χ2n) is 5.00. The van der Waals surface area contributed by atoms with E-state index >= 15 is 0 Å². The number of benzene rings is 1. The van der Waals surface area contributed by atoms with Crippen molar-refractivity contribution in [3.05, 3.63) is 29.6 Å². The summed E-state index contributed by atoms with van der Waals surface area (Å²) in [6.07, 6.45) is 0.972. The van der Waals surface area contributed by atoms with Crippen LogP contribution in [-0.4, -0.2) is 11.4 Å². The molecule has 94 valence electrons. The van der Waals surface area contributed by atoms with E-state index in [0.29, 0.717) is 24.1 Å². The summed E-state index contributed by atoms with van der Waals surface area (Å²) in [6.45, 7) is 5.51. The standard InChI is InChI=1S/C13H19FN2O/c1-9-8-10(14)4-5-11(9)16-12(17)6-7-13(2,3)15/h4-5,8H,6-7,15H2,1-3H3,(H,16,17). The Hall–Kier alpha value is -1.42. The number of nitrogens with two attached hydrogens (primary N) is 1. The highest BCUT2D eigenvalue weighted by Gasteiger charge is 2.13. The second kappa shape index (κ2) is 5.27. The van der Waals surface area contributed by atoms with Crippen LogP contribution in [0.3, 0.4) is 0 Å². The van der Waals surface area contributed by atoms with Gasteiger partial charge in [0.25, 0.3) is 0 Å². The Morgan fingerprint density at radius 1 is 1.47 bits per heavy atom. The lowest BCUT2D eigenvalue weighted by Gasteiger charge is -2.17. The molecule has 3 N–H and O–H groups in total. The van der Waals surface area contributed by atoms with Gasteiger partial charge < -0.3 is 11.1 Å². The molecule has 0 heterocycles. The second-order valence-corrected chi connectivity index (χ2v) is 5.00. The molecule has 0 unspecified atom stereocenters. The van der Waals surface area contributed by atoms with Gasteiger partial charge >= 0.3 is 0 Å². The van der Waals surface area contributed by atoms with Crippen molar-refractivity contribution in [2.45, 2.75) is 39.2 Å². The van der Waals surface area contributed by atoms with Gasteiger partial charge in [0.05, 0.1) is 0 Å². The van der Waals surface area contributed by atoms with E-state index in [2.05, 4.69) is 5.32 Å². The highest BCUT2D eigenvalue weighted by molar-refractivity contribution is 5.91. The molecule has 0 aliphatic rings. The Labute approximate surface area is 101 Å². The first-order chi connectivity index (χ1) is 7.78. The smallest absolute Gasteiger partial charge is 0.224 e. The van der Waals surface area contributed by atoms with Crippen LogP contribution in [-0.2, 0) is 4.79 Å². The van der Waals surface area contributed by atoms with Crippen LogP contribution in [0.4, 0.5) is 10.1 Å². The van der Waals surface area contributed by atoms with Gasteiger partial charge in [0.2, 0.25) is 5.91 Å². The summed E-state index contributed by atoms with van der Waals surface area (Å²) in [5.41, 5.74) is 6.80. The van der Waals surface area contributed by atoms with Gasteiger partial charge in [0.15, 0.2) is 0 Å². The predicted molar refractivity (Wildman–Crippen MR) is 67.3 cm³/mol. The molecular weight excluding hydrogens is 219 g/mol. The molecule has 17 heavy (non-hydrogen) atoms. The maximum absolute atomic E-state index is 12.9. The van der Waals surface area contributed by atoms with Crippen molar-refractivity contribution in [3.63, 3.8) is 0 Å². The molecular formula is C13H19FN2O. The van der Waals surface area contributed by atoms with Crippen molar-refractivity contribution < 1.29 is 9.18 Å². The third kappa shape index (κ3) is 4.95. The van der Waals surface area contributed by atoms with Gasteiger partial charge in [-0.05, 0) is 51.0 Å². The van der Waals surface area contributed by atoms with E-state index < -0.39 is 0 Å². The summed E-state index contributed by atoms with van der Waals surface area (Å²) in [5, 5.41) is 2.75. The van der Waals surface area contributed by atoms with Crippen LogP contribution in [0.5, 0.6) is 0 Å². The Morgan fingerprint density at radius 2 is 2.12 bits per heavy atom. The lowest BCUT2D eigenvalue weighted by molar-refractivity contribution is -0.116. The molecule has 0 radical (unpaired) electrons. The van der Waals surface area contributed by atoms with Crippen LogP contribution < -0.4 is 11.1 Å². The SMILES string of the molecule is Cc1cc(F)ccc1NC(=O)CCC(C)(C)N. The Bertz CT molecular complexity index is 410. The van der Waals surface area contributed by atoms with Crippen molar-refractivity contribution in [3.8, 4) is 0 Å². The number of carbonyl (C=O) groups is 1. The monoisotopic (exact) mass is 238 g/mol. The minimum Gasteiger partial charge on any atom is -0.326 e. The zero-order chi connectivity index (χ0) is 13.1. The van der Waals surface area contributed by atoms with Crippen molar-refractivity contribution in [2.24, 2.45) is 5.73 Å². The molecule has 0 atom stereocenters. The first-order valence-corrected chi connectivity index (χ1v) is 5.63. The lowest BCUT2D eigenvalue weighted by Crippen LogP contribution is -2.33. The summed E-state index contributed by atoms with van der Waals surface area (Å²) in [4.78, 5) is 11.6. The molecule has 4 heteroatoms. The van der Waals surface area contributed by atoms with Crippen LogP contribution in [0.2, 0.25) is 0 Å². The number of amides is 1. The molecule has 0 spiro atoms. The van der Waals surface area contributed by atoms with E-state index in [9.17, 15) is 9.18 Å². The number of halogens is 1. The van der Waals surface area contributed by atoms with E-state index in [-0.39, 0.29) is 17.3 Å². The zero-order valence-corrected chi connectivity index (χ0v) is 10.5. The van der Waals surface area contributed by atoms with Gasteiger partial charge in [-0.15, -0.1) is 0 Å². The molecule has 1 rings (SSSR count). The van der Waals surface area contributed by atoms with E-state index in [4.69, 9.17) is 5.73 Å². The Balaban J connectivity index is 2.57. The van der Waals surface area contributed by atoms with Crippen LogP contribution in [0.25, 0.3) is 0 Å². The summed E-state index contributed by atoms with van der Waals surface area (Å²) >= 11 is 0. The molecule has 0 aromatic heterocycles. The fourth-order valence-corrected chi connectivity index (χ4v) is 1.42. The van der Waals surface area contributed by atoms with Gasteiger partial charge in [-0.1, -0.05) is 0 Å². The molecule has 0 bridgehead atoms. The fourth-order valence-electron chi connectivity index (χ4n) is 1.42. The average Bonchev–Trinajstić information content (AvgIpc) is 2.18. The minimum atomic E-state index is -0.352. The fraction of sp³-hybridized carbons (Fsp3) is 0.462. The van der Waals surface area contributed by atoms with Crippen molar-refractivity contribution in [2.75, 3.05) is 5.32 Å². The molecule has 0 saturated heterocycles. The summed E-state index contributed by atoms with van der Waals surface area (Å²) in [6, 6.07) is 4.29. The van der Waals surface area contributed by atoms with E-state index in [1.165, 1.54) is 12.1 Å². The quantitative estimate of drug-likeness (QED) is 0.847. The molecule has 1 amide bonds. The van der Waals surface area contributed by atoms with Gasteiger partial charge in [0, 0.05) is 17.6 Å². The van der Waals surface area contributed by atoms with E-state index in [1.807, 2.05) is 13.8 Å². The summed E-state index contributed by atoms with van der Waals surface area (Å²) in [7, 11) is 0. The maximum Gasteiger partial charge on any atom is 0.224 e. The number of hydrogen-bond donors (Lipinski definition) is 2. The number of nitrogens with one attached hydrogen (secondary N) is 1. The van der Waals surface area contributed by atoms with Crippen LogP contribution in [0.1, 0.15) is 32.3 Å². The third-order valence-corrected chi connectivity index (χ3v) is 2.46. The first kappa shape index (κ1) is 13.6. The molecule has 0 saturated carbocycles. The predicted octanol–water partition coefficient (Wildman–Crippen LogP) is 2.59. The molecule has 0 aliphatic heterocycles. The molecule has 0 fully saturated rings. The van der Waals surface area contributed by atoms with Gasteiger partial charge in [0.1, 0.15) is 5.82 Å². The number of aryl methyl sites for hydroxylation is 1. The summed E-state index contributed by atoms with van der Waals surface area (Å²) < 4.78 is 12.9. The van der Waals surface area contributed by atoms with Crippen molar-refractivity contribution in [1.82, 2.24) is 0 Å². The molecule has 1 aromatic rings. The number of hydrogen-bond acceptors (Lipinski definition) is 2. The van der Waals surface area contributed by atoms with Gasteiger partial charge in [-0.25, -0.2) is 4.39 Å². The number of carbonyl (C=O) groups excluding carboxylic acids is 1. The Kier molecular flexibility index (Phi) is 4.23. The van der Waals surface area contributed by atoms with Crippen LogP contribution in [0.15, 0.2) is 18.2 Å². The van der Waals surface area contributed by atoms with Gasteiger partial charge in [-0.2, -0.15) is 0 Å². The maximum atomic E-state index is 12.9. The van der Waals surface area contributed by atoms with Crippen molar-refractivity contribution >= 4 is 11.6 Å². The normalized spacial score (nSPS) is 11.4. The van der Waals surface area contributed by atoms with Gasteiger partial charge in [-0.3, -0.25) is 4.79 Å².